The fourth-order valence-corrected chi connectivity index (χ4v) is 2.43. The minimum atomic E-state index is -1.15. The van der Waals surface area contributed by atoms with E-state index in [0.29, 0.717) is 16.9 Å². The Balaban J connectivity index is 2.03. The third-order valence-corrected chi connectivity index (χ3v) is 3.46. The molecule has 0 radical (unpaired) electrons. The van der Waals surface area contributed by atoms with E-state index in [9.17, 15) is 10.2 Å². The summed E-state index contributed by atoms with van der Waals surface area (Å²) < 4.78 is 12.2. The van der Waals surface area contributed by atoms with Crippen LogP contribution in [-0.4, -0.2) is 61.9 Å². The van der Waals surface area contributed by atoms with Gasteiger partial charge in [-0.15, -0.1) is 0 Å². The zero-order chi connectivity index (χ0) is 14.3. The molecular weight excluding hydrogens is 266 g/mol. The number of hydrogen-bond donors (Lipinski definition) is 3. The Kier molecular flexibility index (Phi) is 3.30. The van der Waals surface area contributed by atoms with Gasteiger partial charge in [0.2, 0.25) is 5.88 Å². The summed E-state index contributed by atoms with van der Waals surface area (Å²) in [5, 5.41) is 29.6. The van der Waals surface area contributed by atoms with Crippen LogP contribution in [0.1, 0.15) is 6.23 Å². The van der Waals surface area contributed by atoms with Crippen LogP contribution in [0.5, 0.6) is 5.88 Å². The minimum absolute atomic E-state index is 0.369. The Labute approximate surface area is 114 Å². The number of fused-ring (bicyclic) bond motifs is 1. The third-order valence-electron chi connectivity index (χ3n) is 3.46. The lowest BCUT2D eigenvalue weighted by molar-refractivity contribution is -0.0508. The zero-order valence-electron chi connectivity index (χ0n) is 10.7. The van der Waals surface area contributed by atoms with Crippen molar-refractivity contribution < 1.29 is 24.8 Å². The molecule has 0 saturated carbocycles. The highest BCUT2D eigenvalue weighted by molar-refractivity contribution is 5.81. The zero-order valence-corrected chi connectivity index (χ0v) is 10.7. The van der Waals surface area contributed by atoms with Crippen LogP contribution >= 0.6 is 0 Å². The average Bonchev–Trinajstić information content (AvgIpc) is 3.01. The second-order valence-electron chi connectivity index (χ2n) is 4.57. The van der Waals surface area contributed by atoms with Gasteiger partial charge in [0.25, 0.3) is 0 Å². The van der Waals surface area contributed by atoms with Crippen LogP contribution < -0.4 is 4.74 Å². The van der Waals surface area contributed by atoms with Crippen molar-refractivity contribution in [2.24, 2.45) is 0 Å². The lowest BCUT2D eigenvalue weighted by atomic mass is 10.1. The molecule has 2 aromatic heterocycles. The third kappa shape index (κ3) is 1.85. The molecule has 0 aliphatic carbocycles. The van der Waals surface area contributed by atoms with Crippen molar-refractivity contribution in [2.45, 2.75) is 24.5 Å². The smallest absolute Gasteiger partial charge is 0.225 e. The Bertz CT molecular complexity index is 616. The van der Waals surface area contributed by atoms with E-state index in [2.05, 4.69) is 9.97 Å². The lowest BCUT2D eigenvalue weighted by Crippen LogP contribution is -2.33. The molecule has 108 valence electrons. The largest absolute Gasteiger partial charge is 0.480 e. The van der Waals surface area contributed by atoms with Gasteiger partial charge in [0.05, 0.1) is 19.1 Å². The van der Waals surface area contributed by atoms with Crippen LogP contribution in [0.15, 0.2) is 18.6 Å². The van der Waals surface area contributed by atoms with Crippen LogP contribution in [0.3, 0.4) is 0 Å². The van der Waals surface area contributed by atoms with Crippen LogP contribution in [-0.2, 0) is 4.74 Å². The summed E-state index contributed by atoms with van der Waals surface area (Å²) in [4.78, 5) is 8.13. The van der Waals surface area contributed by atoms with E-state index in [-0.39, 0.29) is 6.61 Å². The lowest BCUT2D eigenvalue weighted by Gasteiger charge is -2.17. The van der Waals surface area contributed by atoms with Gasteiger partial charge in [-0.25, -0.2) is 9.97 Å². The van der Waals surface area contributed by atoms with Crippen molar-refractivity contribution in [3.05, 3.63) is 18.6 Å². The molecule has 1 aliphatic heterocycles. The van der Waals surface area contributed by atoms with E-state index >= 15 is 0 Å². The van der Waals surface area contributed by atoms with Gasteiger partial charge >= 0.3 is 0 Å². The fraction of sp³-hybridized carbons (Fsp3) is 0.500. The first-order chi connectivity index (χ1) is 9.67. The maximum absolute atomic E-state index is 10.0. The van der Waals surface area contributed by atoms with Crippen LogP contribution in [0.2, 0.25) is 0 Å². The highest BCUT2D eigenvalue weighted by Crippen LogP contribution is 2.33. The number of aromatic nitrogens is 3. The molecule has 3 N–H and O–H groups in total. The van der Waals surface area contributed by atoms with Gasteiger partial charge in [0, 0.05) is 6.20 Å². The van der Waals surface area contributed by atoms with E-state index in [1.807, 2.05) is 0 Å². The molecule has 8 nitrogen and oxygen atoms in total. The van der Waals surface area contributed by atoms with Gasteiger partial charge in [0.1, 0.15) is 30.3 Å². The van der Waals surface area contributed by atoms with Crippen molar-refractivity contribution in [1.82, 2.24) is 14.5 Å². The average molecular weight is 281 g/mol. The predicted octanol–water partition coefficient (Wildman–Crippen LogP) is -0.949. The number of rotatable bonds is 3. The number of ether oxygens (including phenoxy) is 2. The monoisotopic (exact) mass is 281 g/mol. The number of hydrogen-bond acceptors (Lipinski definition) is 7. The van der Waals surface area contributed by atoms with Crippen LogP contribution in [0.25, 0.3) is 11.0 Å². The summed E-state index contributed by atoms with van der Waals surface area (Å²) in [5.41, 5.74) is 0.520. The van der Waals surface area contributed by atoms with E-state index in [1.54, 1.807) is 16.8 Å². The molecular formula is C12H15N3O5. The number of aliphatic hydroxyl groups is 3. The Hall–Kier alpha value is -1.74. The predicted molar refractivity (Wildman–Crippen MR) is 67.1 cm³/mol. The quantitative estimate of drug-likeness (QED) is 0.665. The first-order valence-corrected chi connectivity index (χ1v) is 6.15. The highest BCUT2D eigenvalue weighted by atomic mass is 16.6. The van der Waals surface area contributed by atoms with Crippen molar-refractivity contribution >= 4 is 11.0 Å². The normalized spacial score (nSPS) is 30.0. The van der Waals surface area contributed by atoms with E-state index in [4.69, 9.17) is 14.6 Å². The summed E-state index contributed by atoms with van der Waals surface area (Å²) in [6.45, 7) is -0.369. The summed E-state index contributed by atoms with van der Waals surface area (Å²) >= 11 is 0. The van der Waals surface area contributed by atoms with Gasteiger partial charge < -0.3 is 29.4 Å². The maximum atomic E-state index is 10.0. The van der Waals surface area contributed by atoms with Gasteiger partial charge in [-0.05, 0) is 6.07 Å². The molecule has 20 heavy (non-hydrogen) atoms. The first kappa shape index (κ1) is 13.3. The number of aliphatic hydroxyl groups excluding tert-OH is 3. The second kappa shape index (κ2) is 4.98. The molecule has 1 fully saturated rings. The summed E-state index contributed by atoms with van der Waals surface area (Å²) in [6, 6.07) is 1.74. The molecule has 4 atom stereocenters. The molecule has 0 bridgehead atoms. The Morgan fingerprint density at radius 1 is 1.35 bits per heavy atom. The van der Waals surface area contributed by atoms with Gasteiger partial charge in [-0.1, -0.05) is 0 Å². The van der Waals surface area contributed by atoms with E-state index in [0.717, 1.165) is 0 Å². The second-order valence-corrected chi connectivity index (χ2v) is 4.57. The van der Waals surface area contributed by atoms with Gasteiger partial charge in [-0.3, -0.25) is 0 Å². The Morgan fingerprint density at radius 3 is 2.80 bits per heavy atom. The number of methoxy groups -OCH3 is 1. The van der Waals surface area contributed by atoms with Crippen molar-refractivity contribution in [3.8, 4) is 5.88 Å². The van der Waals surface area contributed by atoms with Crippen molar-refractivity contribution in [2.75, 3.05) is 13.7 Å². The van der Waals surface area contributed by atoms with Gasteiger partial charge in [-0.2, -0.15) is 0 Å². The Morgan fingerprint density at radius 2 is 2.15 bits per heavy atom. The molecule has 0 aromatic carbocycles. The van der Waals surface area contributed by atoms with Crippen molar-refractivity contribution in [1.29, 1.82) is 0 Å². The van der Waals surface area contributed by atoms with E-state index in [1.165, 1.54) is 13.4 Å². The molecule has 3 rings (SSSR count). The summed E-state index contributed by atoms with van der Waals surface area (Å²) in [7, 11) is 1.51. The topological polar surface area (TPSA) is 110 Å². The van der Waals surface area contributed by atoms with Crippen LogP contribution in [0.4, 0.5) is 0 Å². The first-order valence-electron chi connectivity index (χ1n) is 6.15. The molecule has 0 spiro atoms. The minimum Gasteiger partial charge on any atom is -0.480 e. The molecule has 1 aliphatic rings. The van der Waals surface area contributed by atoms with Crippen molar-refractivity contribution in [3.63, 3.8) is 0 Å². The fourth-order valence-electron chi connectivity index (χ4n) is 2.43. The molecule has 0 amide bonds. The highest BCUT2D eigenvalue weighted by Gasteiger charge is 2.43. The SMILES string of the molecule is COc1ncnc2c1ccn2[C@H]1O[C@@H](CO)[C@@H](O)[C@H]1O. The molecule has 2 aromatic rings. The standard InChI is InChI=1S/C12H15N3O5/c1-19-11-6-2-3-15(10(6)13-5-14-11)12-9(18)8(17)7(4-16)20-12/h2-3,5,7-9,12,16-18H,4H2,1H3/t7-,8+,9+,12-/m0/s1. The molecule has 0 unspecified atom stereocenters. The van der Waals surface area contributed by atoms with Crippen LogP contribution in [0, 0.1) is 0 Å². The molecule has 8 heteroatoms. The maximum Gasteiger partial charge on any atom is 0.225 e. The molecule has 3 heterocycles. The molecule has 1 saturated heterocycles. The van der Waals surface area contributed by atoms with E-state index < -0.39 is 24.5 Å². The summed E-state index contributed by atoms with van der Waals surface area (Å²) in [6.07, 6.45) is -0.924. The number of nitrogens with zero attached hydrogens (tertiary/aromatic N) is 3. The summed E-state index contributed by atoms with van der Waals surface area (Å²) in [5.74, 6) is 0.417. The van der Waals surface area contributed by atoms with Gasteiger partial charge in [0.15, 0.2) is 6.23 Å².